The number of carbonyl (C=O) groups excluding carboxylic acids is 2. The van der Waals surface area contributed by atoms with Crippen LogP contribution in [0.25, 0.3) is 0 Å². The molecule has 0 unspecified atom stereocenters. The number of nitrogens with zero attached hydrogens (tertiary/aromatic N) is 1. The number of rotatable bonds is 5. The van der Waals surface area contributed by atoms with E-state index in [-0.39, 0.29) is 23.1 Å². The molecule has 0 fully saturated rings. The monoisotopic (exact) mass is 396 g/mol. The molecule has 29 heavy (non-hydrogen) atoms. The lowest BCUT2D eigenvalue weighted by atomic mass is 9.68. The topological polar surface area (TPSA) is 58.6 Å². The minimum atomic E-state index is -0.389. The van der Waals surface area contributed by atoms with E-state index < -0.39 is 0 Å². The van der Waals surface area contributed by atoms with E-state index in [1.807, 2.05) is 50.2 Å². The summed E-state index contributed by atoms with van der Waals surface area (Å²) in [5.74, 6) is -0.620. The Balaban J connectivity index is 2.18. The van der Waals surface area contributed by atoms with Crippen molar-refractivity contribution >= 4 is 17.4 Å². The number of allylic oxidation sites excluding steroid dienone is 3. The van der Waals surface area contributed by atoms with Gasteiger partial charge in [0, 0.05) is 49.1 Å². The van der Waals surface area contributed by atoms with Crippen LogP contribution in [-0.2, 0) is 14.3 Å². The van der Waals surface area contributed by atoms with Gasteiger partial charge in [-0.2, -0.15) is 0 Å². The number of ketones is 1. The maximum absolute atomic E-state index is 13.2. The van der Waals surface area contributed by atoms with Crippen molar-refractivity contribution in [2.75, 3.05) is 25.6 Å². The van der Waals surface area contributed by atoms with Crippen molar-refractivity contribution in [3.05, 3.63) is 52.4 Å². The van der Waals surface area contributed by atoms with Crippen LogP contribution in [0.2, 0.25) is 0 Å². The lowest BCUT2D eigenvalue weighted by Crippen LogP contribution is -2.39. The molecule has 5 heteroatoms. The van der Waals surface area contributed by atoms with E-state index >= 15 is 0 Å². The molecular formula is C24H32N2O3. The number of dihydropyridines is 1. The van der Waals surface area contributed by atoms with E-state index in [2.05, 4.69) is 19.2 Å². The van der Waals surface area contributed by atoms with E-state index in [1.165, 1.54) is 0 Å². The predicted molar refractivity (Wildman–Crippen MR) is 116 cm³/mol. The summed E-state index contributed by atoms with van der Waals surface area (Å²) >= 11 is 0. The summed E-state index contributed by atoms with van der Waals surface area (Å²) in [6.07, 6.45) is 1.95. The number of hydrogen-bond donors (Lipinski definition) is 1. The van der Waals surface area contributed by atoms with Crippen molar-refractivity contribution in [1.29, 1.82) is 0 Å². The summed E-state index contributed by atoms with van der Waals surface area (Å²) in [6.45, 7) is 8.37. The summed E-state index contributed by atoms with van der Waals surface area (Å²) in [4.78, 5) is 28.2. The smallest absolute Gasteiger partial charge is 0.336 e. The molecule has 3 rings (SSSR count). The van der Waals surface area contributed by atoms with Gasteiger partial charge in [0.15, 0.2) is 5.78 Å². The molecule has 2 aliphatic rings. The van der Waals surface area contributed by atoms with Gasteiger partial charge in [0.2, 0.25) is 0 Å². The molecule has 0 amide bonds. The largest absolute Gasteiger partial charge is 0.463 e. The average molecular weight is 397 g/mol. The van der Waals surface area contributed by atoms with Gasteiger partial charge in [-0.05, 0) is 42.9 Å². The van der Waals surface area contributed by atoms with Crippen LogP contribution in [0.1, 0.15) is 58.4 Å². The van der Waals surface area contributed by atoms with Crippen molar-refractivity contribution in [3.63, 3.8) is 0 Å². The van der Waals surface area contributed by atoms with Gasteiger partial charge in [-0.25, -0.2) is 4.79 Å². The first kappa shape index (κ1) is 21.2. The van der Waals surface area contributed by atoms with Crippen LogP contribution < -0.4 is 10.2 Å². The Labute approximate surface area is 173 Å². The molecule has 5 nitrogen and oxygen atoms in total. The van der Waals surface area contributed by atoms with E-state index in [0.29, 0.717) is 25.0 Å². The van der Waals surface area contributed by atoms with E-state index in [0.717, 1.165) is 34.6 Å². The van der Waals surface area contributed by atoms with Gasteiger partial charge >= 0.3 is 5.97 Å². The molecule has 1 aromatic rings. The lowest BCUT2D eigenvalue weighted by Gasteiger charge is -2.40. The molecule has 1 heterocycles. The fourth-order valence-corrected chi connectivity index (χ4v) is 4.38. The Morgan fingerprint density at radius 3 is 2.38 bits per heavy atom. The summed E-state index contributed by atoms with van der Waals surface area (Å²) in [5.41, 5.74) is 5.04. The van der Waals surface area contributed by atoms with Gasteiger partial charge in [0.25, 0.3) is 0 Å². The van der Waals surface area contributed by atoms with E-state index in [4.69, 9.17) is 4.74 Å². The molecular weight excluding hydrogens is 364 g/mol. The SMILES string of the molecule is CCOC(=O)C1=C(CC)NC2=C(C(=O)CC(C)(C)C2)[C@@H]1c1ccc(N(C)C)cc1. The summed E-state index contributed by atoms with van der Waals surface area (Å²) in [6, 6.07) is 8.11. The molecule has 0 radical (unpaired) electrons. The first-order valence-corrected chi connectivity index (χ1v) is 10.4. The van der Waals surface area contributed by atoms with Crippen molar-refractivity contribution in [1.82, 2.24) is 5.32 Å². The molecule has 1 atom stereocenters. The second-order valence-electron chi connectivity index (χ2n) is 8.84. The van der Waals surface area contributed by atoms with Gasteiger partial charge in [0.1, 0.15) is 0 Å². The Kier molecular flexibility index (Phi) is 5.87. The van der Waals surface area contributed by atoms with Crippen LogP contribution in [0.4, 0.5) is 5.69 Å². The van der Waals surface area contributed by atoms with Crippen LogP contribution >= 0.6 is 0 Å². The molecule has 0 aromatic heterocycles. The first-order valence-electron chi connectivity index (χ1n) is 10.4. The number of nitrogens with one attached hydrogen (secondary N) is 1. The minimum absolute atomic E-state index is 0.0947. The summed E-state index contributed by atoms with van der Waals surface area (Å²) in [7, 11) is 3.98. The van der Waals surface area contributed by atoms with Crippen molar-refractivity contribution < 1.29 is 14.3 Å². The molecule has 0 saturated carbocycles. The highest BCUT2D eigenvalue weighted by molar-refractivity contribution is 6.04. The van der Waals surface area contributed by atoms with Crippen molar-refractivity contribution in [3.8, 4) is 0 Å². The van der Waals surface area contributed by atoms with Gasteiger partial charge in [-0.15, -0.1) is 0 Å². The van der Waals surface area contributed by atoms with Gasteiger partial charge in [-0.3, -0.25) is 4.79 Å². The zero-order valence-corrected chi connectivity index (χ0v) is 18.4. The number of hydrogen-bond acceptors (Lipinski definition) is 5. The Morgan fingerprint density at radius 2 is 1.83 bits per heavy atom. The molecule has 156 valence electrons. The first-order chi connectivity index (χ1) is 13.7. The Hall–Kier alpha value is -2.56. The van der Waals surface area contributed by atoms with Gasteiger partial charge < -0.3 is 15.0 Å². The van der Waals surface area contributed by atoms with Gasteiger partial charge in [-0.1, -0.05) is 32.9 Å². The second-order valence-corrected chi connectivity index (χ2v) is 8.84. The average Bonchev–Trinajstić information content (AvgIpc) is 2.65. The van der Waals surface area contributed by atoms with Crippen LogP contribution in [0.5, 0.6) is 0 Å². The molecule has 1 aliphatic heterocycles. The van der Waals surface area contributed by atoms with E-state index in [9.17, 15) is 9.59 Å². The number of anilines is 1. The third-order valence-electron chi connectivity index (χ3n) is 5.72. The third-order valence-corrected chi connectivity index (χ3v) is 5.72. The predicted octanol–water partition coefficient (Wildman–Crippen LogP) is 4.31. The maximum atomic E-state index is 13.2. The molecule has 0 bridgehead atoms. The quantitative estimate of drug-likeness (QED) is 0.752. The number of ether oxygens (including phenoxy) is 1. The molecule has 1 aliphatic carbocycles. The number of carbonyl (C=O) groups is 2. The standard InChI is InChI=1S/C24H32N2O3/c1-7-17-22(23(28)29-8-2)20(15-9-11-16(12-10-15)26(5)6)21-18(25-17)13-24(3,4)14-19(21)27/h9-12,20,25H,7-8,13-14H2,1-6H3/t20-/m0/s1. The summed E-state index contributed by atoms with van der Waals surface area (Å²) in [5, 5.41) is 3.44. The van der Waals surface area contributed by atoms with Crippen LogP contribution in [-0.4, -0.2) is 32.5 Å². The highest BCUT2D eigenvalue weighted by atomic mass is 16.5. The van der Waals surface area contributed by atoms with Crippen molar-refractivity contribution in [2.24, 2.45) is 5.41 Å². The molecule has 0 saturated heterocycles. The maximum Gasteiger partial charge on any atom is 0.336 e. The Morgan fingerprint density at radius 1 is 1.17 bits per heavy atom. The third kappa shape index (κ3) is 4.09. The van der Waals surface area contributed by atoms with Crippen LogP contribution in [0.3, 0.4) is 0 Å². The minimum Gasteiger partial charge on any atom is -0.463 e. The Bertz CT molecular complexity index is 876. The number of benzene rings is 1. The van der Waals surface area contributed by atoms with E-state index in [1.54, 1.807) is 6.92 Å². The number of esters is 1. The number of Topliss-reactive ketones (excluding diaryl/α,β-unsaturated/α-hetero) is 1. The second kappa shape index (κ2) is 8.05. The van der Waals surface area contributed by atoms with Crippen molar-refractivity contribution in [2.45, 2.75) is 52.9 Å². The summed E-state index contributed by atoms with van der Waals surface area (Å²) < 4.78 is 5.40. The fraction of sp³-hybridized carbons (Fsp3) is 0.500. The molecule has 0 spiro atoms. The highest BCUT2D eigenvalue weighted by Crippen LogP contribution is 2.47. The van der Waals surface area contributed by atoms with Crippen LogP contribution in [0, 0.1) is 5.41 Å². The van der Waals surface area contributed by atoms with Crippen LogP contribution in [0.15, 0.2) is 46.8 Å². The molecule has 1 N–H and O–H groups in total. The lowest BCUT2D eigenvalue weighted by molar-refractivity contribution is -0.138. The molecule has 1 aromatic carbocycles. The zero-order valence-electron chi connectivity index (χ0n) is 18.4. The zero-order chi connectivity index (χ0) is 21.3. The van der Waals surface area contributed by atoms with Gasteiger partial charge in [0.05, 0.1) is 12.2 Å². The highest BCUT2D eigenvalue weighted by Gasteiger charge is 2.43. The normalized spacial score (nSPS) is 20.9. The fourth-order valence-electron chi connectivity index (χ4n) is 4.38.